The standard InChI is InChI=1S/C16H11ClINO/c1-9-2-5-15-11(6-9)12(8-19-15)16(20)10-3-4-14(18)13(17)7-10/h2-8,19H,1H3. The van der Waals surface area contributed by atoms with Crippen molar-refractivity contribution in [2.75, 3.05) is 0 Å². The first-order valence-electron chi connectivity index (χ1n) is 6.14. The van der Waals surface area contributed by atoms with Crippen molar-refractivity contribution >= 4 is 50.9 Å². The molecule has 1 N–H and O–H groups in total. The predicted octanol–water partition coefficient (Wildman–Crippen LogP) is 4.97. The van der Waals surface area contributed by atoms with Crippen LogP contribution in [-0.4, -0.2) is 10.8 Å². The minimum Gasteiger partial charge on any atom is -0.360 e. The number of hydrogen-bond acceptors (Lipinski definition) is 1. The first-order valence-corrected chi connectivity index (χ1v) is 7.59. The maximum absolute atomic E-state index is 12.6. The van der Waals surface area contributed by atoms with Gasteiger partial charge in [0.25, 0.3) is 0 Å². The molecular weight excluding hydrogens is 385 g/mol. The summed E-state index contributed by atoms with van der Waals surface area (Å²) in [5.41, 5.74) is 3.39. The van der Waals surface area contributed by atoms with E-state index >= 15 is 0 Å². The Kier molecular flexibility index (Phi) is 3.56. The predicted molar refractivity (Wildman–Crippen MR) is 90.6 cm³/mol. The van der Waals surface area contributed by atoms with Crippen molar-refractivity contribution in [1.82, 2.24) is 4.98 Å². The summed E-state index contributed by atoms with van der Waals surface area (Å²) < 4.78 is 0.940. The fourth-order valence-corrected chi connectivity index (χ4v) is 2.73. The fraction of sp³-hybridized carbons (Fsp3) is 0.0625. The van der Waals surface area contributed by atoms with Crippen molar-refractivity contribution in [3.63, 3.8) is 0 Å². The fourth-order valence-electron chi connectivity index (χ4n) is 2.22. The van der Waals surface area contributed by atoms with Gasteiger partial charge in [-0.3, -0.25) is 4.79 Å². The van der Waals surface area contributed by atoms with Gasteiger partial charge in [0.15, 0.2) is 5.78 Å². The minimum absolute atomic E-state index is 0.0137. The Labute approximate surface area is 135 Å². The first kappa shape index (κ1) is 13.6. The molecule has 1 heterocycles. The number of carbonyl (C=O) groups is 1. The Morgan fingerprint density at radius 2 is 2.00 bits per heavy atom. The zero-order chi connectivity index (χ0) is 14.3. The molecule has 0 spiro atoms. The number of benzene rings is 2. The molecule has 1 aromatic heterocycles. The van der Waals surface area contributed by atoms with Gasteiger partial charge < -0.3 is 4.98 Å². The third-order valence-corrected chi connectivity index (χ3v) is 4.84. The van der Waals surface area contributed by atoms with Crippen LogP contribution in [0.25, 0.3) is 10.9 Å². The molecule has 0 radical (unpaired) electrons. The molecule has 0 amide bonds. The van der Waals surface area contributed by atoms with Crippen molar-refractivity contribution in [1.29, 1.82) is 0 Å². The molecule has 0 aliphatic rings. The maximum Gasteiger partial charge on any atom is 0.195 e. The zero-order valence-electron chi connectivity index (χ0n) is 10.7. The number of aryl methyl sites for hydroxylation is 1. The molecular formula is C16H11ClINO. The Balaban J connectivity index is 2.12. The summed E-state index contributed by atoms with van der Waals surface area (Å²) in [6.07, 6.45) is 1.76. The molecule has 2 aromatic carbocycles. The van der Waals surface area contributed by atoms with E-state index in [4.69, 9.17) is 11.6 Å². The van der Waals surface area contributed by atoms with Crippen LogP contribution in [0.4, 0.5) is 0 Å². The average Bonchev–Trinajstić information content (AvgIpc) is 2.84. The average molecular weight is 396 g/mol. The molecule has 0 saturated heterocycles. The van der Waals surface area contributed by atoms with Gasteiger partial charge in [-0.2, -0.15) is 0 Å². The highest BCUT2D eigenvalue weighted by atomic mass is 127. The lowest BCUT2D eigenvalue weighted by molar-refractivity contribution is 0.104. The number of aromatic amines is 1. The van der Waals surface area contributed by atoms with Crippen LogP contribution in [0.15, 0.2) is 42.6 Å². The van der Waals surface area contributed by atoms with E-state index in [-0.39, 0.29) is 5.78 Å². The van der Waals surface area contributed by atoms with E-state index in [0.717, 1.165) is 20.0 Å². The number of nitrogens with one attached hydrogen (secondary N) is 1. The minimum atomic E-state index is -0.0137. The highest BCUT2D eigenvalue weighted by Gasteiger charge is 2.15. The Bertz CT molecular complexity index is 822. The van der Waals surface area contributed by atoms with Crippen LogP contribution in [0.2, 0.25) is 5.02 Å². The maximum atomic E-state index is 12.6. The second kappa shape index (κ2) is 5.22. The highest BCUT2D eigenvalue weighted by molar-refractivity contribution is 14.1. The third kappa shape index (κ3) is 2.36. The van der Waals surface area contributed by atoms with E-state index in [0.29, 0.717) is 16.1 Å². The number of carbonyl (C=O) groups excluding carboxylic acids is 1. The smallest absolute Gasteiger partial charge is 0.195 e. The van der Waals surface area contributed by atoms with Crippen molar-refractivity contribution in [3.8, 4) is 0 Å². The quantitative estimate of drug-likeness (QED) is 0.482. The van der Waals surface area contributed by atoms with Crippen LogP contribution in [0.3, 0.4) is 0 Å². The van der Waals surface area contributed by atoms with E-state index in [2.05, 4.69) is 27.6 Å². The molecule has 0 saturated carbocycles. The monoisotopic (exact) mass is 395 g/mol. The molecule has 3 aromatic rings. The van der Waals surface area contributed by atoms with Gasteiger partial charge in [0.05, 0.1) is 5.02 Å². The van der Waals surface area contributed by atoms with Crippen LogP contribution >= 0.6 is 34.2 Å². The largest absolute Gasteiger partial charge is 0.360 e. The van der Waals surface area contributed by atoms with Crippen LogP contribution in [0.5, 0.6) is 0 Å². The van der Waals surface area contributed by atoms with E-state index in [1.54, 1.807) is 12.3 Å². The number of aromatic nitrogens is 1. The molecule has 0 unspecified atom stereocenters. The molecule has 0 fully saturated rings. The normalized spacial score (nSPS) is 10.9. The van der Waals surface area contributed by atoms with Gasteiger partial charge in [0, 0.05) is 31.8 Å². The van der Waals surface area contributed by atoms with Gasteiger partial charge in [-0.05, 0) is 59.8 Å². The number of ketones is 1. The number of fused-ring (bicyclic) bond motifs is 1. The second-order valence-corrected chi connectivity index (χ2v) is 6.28. The van der Waals surface area contributed by atoms with Gasteiger partial charge in [-0.1, -0.05) is 23.2 Å². The molecule has 0 aliphatic carbocycles. The summed E-state index contributed by atoms with van der Waals surface area (Å²) in [6, 6.07) is 11.4. The second-order valence-electron chi connectivity index (χ2n) is 4.71. The Hall–Kier alpha value is -1.33. The van der Waals surface area contributed by atoms with Crippen LogP contribution in [0.1, 0.15) is 21.5 Å². The van der Waals surface area contributed by atoms with Crippen molar-refractivity contribution < 1.29 is 4.79 Å². The lowest BCUT2D eigenvalue weighted by atomic mass is 10.0. The third-order valence-electron chi connectivity index (χ3n) is 3.26. The molecule has 20 heavy (non-hydrogen) atoms. The SMILES string of the molecule is Cc1ccc2[nH]cc(C(=O)c3ccc(I)c(Cl)c3)c2c1. The van der Waals surface area contributed by atoms with E-state index in [9.17, 15) is 4.79 Å². The topological polar surface area (TPSA) is 32.9 Å². The lowest BCUT2D eigenvalue weighted by Gasteiger charge is -2.02. The summed E-state index contributed by atoms with van der Waals surface area (Å²) in [5, 5.41) is 1.55. The molecule has 0 atom stereocenters. The van der Waals surface area contributed by atoms with Crippen LogP contribution < -0.4 is 0 Å². The van der Waals surface area contributed by atoms with E-state index in [1.165, 1.54) is 0 Å². The Morgan fingerprint density at radius 1 is 1.20 bits per heavy atom. The molecule has 0 aliphatic heterocycles. The Morgan fingerprint density at radius 3 is 2.75 bits per heavy atom. The molecule has 4 heteroatoms. The van der Waals surface area contributed by atoms with Crippen LogP contribution in [0, 0.1) is 10.5 Å². The van der Waals surface area contributed by atoms with Gasteiger partial charge in [-0.25, -0.2) is 0 Å². The molecule has 0 bridgehead atoms. The molecule has 2 nitrogen and oxygen atoms in total. The number of rotatable bonds is 2. The summed E-state index contributed by atoms with van der Waals surface area (Å²) >= 11 is 8.24. The summed E-state index contributed by atoms with van der Waals surface area (Å²) in [5.74, 6) is -0.0137. The number of hydrogen-bond donors (Lipinski definition) is 1. The number of H-pyrrole nitrogens is 1. The van der Waals surface area contributed by atoms with E-state index in [1.807, 2.05) is 37.3 Å². The summed E-state index contributed by atoms with van der Waals surface area (Å²) in [4.78, 5) is 15.8. The number of halogens is 2. The van der Waals surface area contributed by atoms with Gasteiger partial charge in [0.2, 0.25) is 0 Å². The summed E-state index contributed by atoms with van der Waals surface area (Å²) in [6.45, 7) is 2.02. The van der Waals surface area contributed by atoms with Crippen molar-refractivity contribution in [3.05, 3.63) is 67.9 Å². The van der Waals surface area contributed by atoms with Crippen molar-refractivity contribution in [2.45, 2.75) is 6.92 Å². The highest BCUT2D eigenvalue weighted by Crippen LogP contribution is 2.25. The first-order chi connectivity index (χ1) is 9.56. The summed E-state index contributed by atoms with van der Waals surface area (Å²) in [7, 11) is 0. The van der Waals surface area contributed by atoms with Crippen LogP contribution in [-0.2, 0) is 0 Å². The zero-order valence-corrected chi connectivity index (χ0v) is 13.6. The van der Waals surface area contributed by atoms with Gasteiger partial charge in [0.1, 0.15) is 0 Å². The van der Waals surface area contributed by atoms with Gasteiger partial charge in [-0.15, -0.1) is 0 Å². The molecule has 100 valence electrons. The molecule has 3 rings (SSSR count). The van der Waals surface area contributed by atoms with Crippen molar-refractivity contribution in [2.24, 2.45) is 0 Å². The van der Waals surface area contributed by atoms with E-state index < -0.39 is 0 Å². The lowest BCUT2D eigenvalue weighted by Crippen LogP contribution is -2.00. The van der Waals surface area contributed by atoms with Gasteiger partial charge >= 0.3 is 0 Å².